The fourth-order valence-electron chi connectivity index (χ4n) is 2.01. The van der Waals surface area contributed by atoms with Crippen LogP contribution in [0.3, 0.4) is 0 Å². The van der Waals surface area contributed by atoms with E-state index in [0.717, 1.165) is 5.56 Å². The molecular formula is C18H17Cl3N2O4. The molecule has 0 spiro atoms. The fourth-order valence-corrected chi connectivity index (χ4v) is 2.60. The summed E-state index contributed by atoms with van der Waals surface area (Å²) in [6.45, 7) is 2.13. The highest BCUT2D eigenvalue weighted by molar-refractivity contribution is 6.43. The molecule has 0 unspecified atom stereocenters. The van der Waals surface area contributed by atoms with Crippen LogP contribution in [0.1, 0.15) is 12.5 Å². The van der Waals surface area contributed by atoms with E-state index in [-0.39, 0.29) is 22.4 Å². The van der Waals surface area contributed by atoms with Crippen molar-refractivity contribution in [2.24, 2.45) is 5.10 Å². The maximum atomic E-state index is 11.8. The van der Waals surface area contributed by atoms with E-state index >= 15 is 0 Å². The lowest BCUT2D eigenvalue weighted by atomic mass is 10.2. The molecule has 0 saturated heterocycles. The summed E-state index contributed by atoms with van der Waals surface area (Å²) in [4.78, 5) is 11.8. The number of amides is 1. The Balaban J connectivity index is 1.91. The van der Waals surface area contributed by atoms with Crippen LogP contribution in [0.15, 0.2) is 35.4 Å². The minimum atomic E-state index is -0.466. The Morgan fingerprint density at radius 3 is 2.48 bits per heavy atom. The standard InChI is InChI=1S/C18H17Cl3N2O4/c1-3-26-15-5-4-11(6-17(15)25-2)9-22-23-18(24)10-27-16-8-13(20)12(19)7-14(16)21/h4-9H,3,10H2,1-2H3,(H,23,24). The smallest absolute Gasteiger partial charge is 0.277 e. The second-order valence-electron chi connectivity index (χ2n) is 5.12. The largest absolute Gasteiger partial charge is 0.493 e. The first-order valence-corrected chi connectivity index (χ1v) is 8.98. The maximum Gasteiger partial charge on any atom is 0.277 e. The predicted octanol–water partition coefficient (Wildman–Crippen LogP) is 4.58. The Bertz CT molecular complexity index is 844. The van der Waals surface area contributed by atoms with Gasteiger partial charge in [0.2, 0.25) is 0 Å². The molecule has 0 radical (unpaired) electrons. The number of carbonyl (C=O) groups excluding carboxylic acids is 1. The Morgan fingerprint density at radius 2 is 1.78 bits per heavy atom. The molecule has 2 aromatic rings. The number of halogens is 3. The van der Waals surface area contributed by atoms with E-state index < -0.39 is 5.91 Å². The van der Waals surface area contributed by atoms with E-state index in [0.29, 0.717) is 23.1 Å². The van der Waals surface area contributed by atoms with Gasteiger partial charge in [-0.05, 0) is 36.8 Å². The Labute approximate surface area is 172 Å². The SMILES string of the molecule is CCOc1ccc(C=NNC(=O)COc2cc(Cl)c(Cl)cc2Cl)cc1OC. The molecule has 2 aromatic carbocycles. The molecule has 2 rings (SSSR count). The number of hydrogen-bond acceptors (Lipinski definition) is 5. The summed E-state index contributed by atoms with van der Waals surface area (Å²) in [5.41, 5.74) is 3.08. The molecule has 27 heavy (non-hydrogen) atoms. The molecule has 0 aliphatic carbocycles. The zero-order valence-corrected chi connectivity index (χ0v) is 16.9. The van der Waals surface area contributed by atoms with Crippen molar-refractivity contribution in [1.29, 1.82) is 0 Å². The van der Waals surface area contributed by atoms with Gasteiger partial charge in [0.15, 0.2) is 18.1 Å². The molecule has 0 aromatic heterocycles. The monoisotopic (exact) mass is 430 g/mol. The first-order valence-electron chi connectivity index (χ1n) is 7.84. The highest BCUT2D eigenvalue weighted by Crippen LogP contribution is 2.33. The molecule has 0 aliphatic rings. The number of nitrogens with zero attached hydrogens (tertiary/aromatic N) is 1. The van der Waals surface area contributed by atoms with E-state index in [1.165, 1.54) is 18.3 Å². The molecule has 0 saturated carbocycles. The van der Waals surface area contributed by atoms with Crippen LogP contribution in [-0.4, -0.2) is 32.4 Å². The van der Waals surface area contributed by atoms with Crippen LogP contribution < -0.4 is 19.6 Å². The van der Waals surface area contributed by atoms with Crippen molar-refractivity contribution in [3.63, 3.8) is 0 Å². The number of benzene rings is 2. The number of rotatable bonds is 8. The third-order valence-electron chi connectivity index (χ3n) is 3.22. The molecule has 1 N–H and O–H groups in total. The van der Waals surface area contributed by atoms with E-state index in [9.17, 15) is 4.79 Å². The quantitative estimate of drug-likeness (QED) is 0.377. The van der Waals surface area contributed by atoms with Gasteiger partial charge in [-0.15, -0.1) is 0 Å². The Hall–Kier alpha value is -2.15. The number of carbonyl (C=O) groups is 1. The molecule has 0 aliphatic heterocycles. The first kappa shape index (κ1) is 21.2. The van der Waals surface area contributed by atoms with E-state index in [1.54, 1.807) is 25.3 Å². The van der Waals surface area contributed by atoms with Crippen LogP contribution in [0.4, 0.5) is 0 Å². The van der Waals surface area contributed by atoms with Crippen molar-refractivity contribution in [3.8, 4) is 17.2 Å². The van der Waals surface area contributed by atoms with Crippen LogP contribution in [0.25, 0.3) is 0 Å². The van der Waals surface area contributed by atoms with Gasteiger partial charge in [-0.3, -0.25) is 4.79 Å². The number of hydrogen-bond donors (Lipinski definition) is 1. The van der Waals surface area contributed by atoms with Crippen molar-refractivity contribution in [3.05, 3.63) is 51.0 Å². The van der Waals surface area contributed by atoms with Gasteiger partial charge in [0.05, 0.1) is 35.0 Å². The molecule has 6 nitrogen and oxygen atoms in total. The molecule has 0 fully saturated rings. The molecule has 0 atom stereocenters. The second-order valence-corrected chi connectivity index (χ2v) is 6.34. The normalized spacial score (nSPS) is 10.7. The highest BCUT2D eigenvalue weighted by Gasteiger charge is 2.09. The van der Waals surface area contributed by atoms with Crippen LogP contribution in [-0.2, 0) is 4.79 Å². The number of methoxy groups -OCH3 is 1. The van der Waals surface area contributed by atoms with Gasteiger partial charge < -0.3 is 14.2 Å². The average Bonchev–Trinajstić information content (AvgIpc) is 2.65. The topological polar surface area (TPSA) is 69.2 Å². The highest BCUT2D eigenvalue weighted by atomic mass is 35.5. The number of hydrazone groups is 1. The number of ether oxygens (including phenoxy) is 3. The van der Waals surface area contributed by atoms with Crippen molar-refractivity contribution < 1.29 is 19.0 Å². The maximum absolute atomic E-state index is 11.8. The lowest BCUT2D eigenvalue weighted by Gasteiger charge is -2.09. The summed E-state index contributed by atoms with van der Waals surface area (Å²) in [6.07, 6.45) is 1.47. The van der Waals surface area contributed by atoms with E-state index in [2.05, 4.69) is 10.5 Å². The van der Waals surface area contributed by atoms with Crippen molar-refractivity contribution in [1.82, 2.24) is 5.43 Å². The predicted molar refractivity (Wildman–Crippen MR) is 107 cm³/mol. The van der Waals surface area contributed by atoms with Gasteiger partial charge in [-0.25, -0.2) is 5.43 Å². The molecule has 0 bridgehead atoms. The lowest BCUT2D eigenvalue weighted by molar-refractivity contribution is -0.123. The van der Waals surface area contributed by atoms with Crippen molar-refractivity contribution in [2.75, 3.05) is 20.3 Å². The molecule has 0 heterocycles. The van der Waals surface area contributed by atoms with Crippen LogP contribution >= 0.6 is 34.8 Å². The van der Waals surface area contributed by atoms with Gasteiger partial charge in [0.25, 0.3) is 5.91 Å². The van der Waals surface area contributed by atoms with Gasteiger partial charge in [0.1, 0.15) is 5.75 Å². The second kappa shape index (κ2) is 10.3. The Kier molecular flexibility index (Phi) is 8.03. The Morgan fingerprint density at radius 1 is 1.04 bits per heavy atom. The summed E-state index contributed by atoms with van der Waals surface area (Å²) < 4.78 is 16.0. The number of nitrogens with one attached hydrogen (secondary N) is 1. The average molecular weight is 432 g/mol. The molecule has 9 heteroatoms. The third kappa shape index (κ3) is 6.20. The minimum Gasteiger partial charge on any atom is -0.493 e. The zero-order chi connectivity index (χ0) is 19.8. The lowest BCUT2D eigenvalue weighted by Crippen LogP contribution is -2.24. The van der Waals surface area contributed by atoms with Crippen molar-refractivity contribution in [2.45, 2.75) is 6.92 Å². The molecule has 144 valence electrons. The molecular weight excluding hydrogens is 415 g/mol. The van der Waals surface area contributed by atoms with Crippen molar-refractivity contribution >= 4 is 46.9 Å². The summed E-state index contributed by atoms with van der Waals surface area (Å²) in [7, 11) is 1.55. The summed E-state index contributed by atoms with van der Waals surface area (Å²) in [5, 5.41) is 4.71. The third-order valence-corrected chi connectivity index (χ3v) is 4.24. The van der Waals surface area contributed by atoms with Crippen LogP contribution in [0.2, 0.25) is 15.1 Å². The van der Waals surface area contributed by atoms with Crippen LogP contribution in [0, 0.1) is 0 Å². The van der Waals surface area contributed by atoms with Gasteiger partial charge in [-0.1, -0.05) is 34.8 Å². The zero-order valence-electron chi connectivity index (χ0n) is 14.6. The summed E-state index contributed by atoms with van der Waals surface area (Å²) in [6, 6.07) is 8.17. The van der Waals surface area contributed by atoms with Gasteiger partial charge in [-0.2, -0.15) is 5.10 Å². The fraction of sp³-hybridized carbons (Fsp3) is 0.222. The first-order chi connectivity index (χ1) is 12.9. The van der Waals surface area contributed by atoms with Gasteiger partial charge in [0, 0.05) is 6.07 Å². The molecule has 1 amide bonds. The van der Waals surface area contributed by atoms with E-state index in [4.69, 9.17) is 49.0 Å². The summed E-state index contributed by atoms with van der Waals surface area (Å²) >= 11 is 17.7. The minimum absolute atomic E-state index is 0.251. The summed E-state index contributed by atoms with van der Waals surface area (Å²) in [5.74, 6) is 0.991. The van der Waals surface area contributed by atoms with E-state index in [1.807, 2.05) is 6.92 Å². The van der Waals surface area contributed by atoms with Gasteiger partial charge >= 0.3 is 0 Å². The van der Waals surface area contributed by atoms with Crippen LogP contribution in [0.5, 0.6) is 17.2 Å².